The summed E-state index contributed by atoms with van der Waals surface area (Å²) < 4.78 is 0. The van der Waals surface area contributed by atoms with Crippen LogP contribution in [0.2, 0.25) is 0 Å². The number of carboxylic acids is 2. The van der Waals surface area contributed by atoms with Crippen LogP contribution in [0.5, 0.6) is 0 Å². The zero-order valence-electron chi connectivity index (χ0n) is 12.0. The van der Waals surface area contributed by atoms with Gasteiger partial charge < -0.3 is 15.1 Å². The minimum atomic E-state index is -1.22. The first-order valence-electron chi connectivity index (χ1n) is 6.78. The second kappa shape index (κ2) is 5.83. The normalized spacial score (nSPS) is 10.6. The molecule has 0 aliphatic heterocycles. The van der Waals surface area contributed by atoms with Gasteiger partial charge in [-0.15, -0.1) is 0 Å². The van der Waals surface area contributed by atoms with Crippen LogP contribution in [0.3, 0.4) is 0 Å². The third kappa shape index (κ3) is 2.54. The van der Waals surface area contributed by atoms with Crippen molar-refractivity contribution in [3.8, 4) is 0 Å². The van der Waals surface area contributed by atoms with E-state index in [1.165, 1.54) is 0 Å². The molecule has 0 unspecified atom stereocenters. The van der Waals surface area contributed by atoms with Crippen molar-refractivity contribution in [2.45, 2.75) is 13.8 Å². The van der Waals surface area contributed by atoms with Crippen molar-refractivity contribution in [1.29, 1.82) is 0 Å². The molecule has 0 spiro atoms. The summed E-state index contributed by atoms with van der Waals surface area (Å²) in [7, 11) is 0. The van der Waals surface area contributed by atoms with Gasteiger partial charge in [0.15, 0.2) is 0 Å². The molecule has 0 heterocycles. The molecule has 110 valence electrons. The van der Waals surface area contributed by atoms with Crippen LogP contribution in [0.15, 0.2) is 30.3 Å². The largest absolute Gasteiger partial charge is 0.478 e. The molecule has 2 rings (SSSR count). The molecule has 0 radical (unpaired) electrons. The fourth-order valence-corrected chi connectivity index (χ4v) is 2.59. The van der Waals surface area contributed by atoms with Gasteiger partial charge in [0.1, 0.15) is 0 Å². The minimum Gasteiger partial charge on any atom is -0.478 e. The van der Waals surface area contributed by atoms with Crippen LogP contribution in [-0.2, 0) is 0 Å². The summed E-state index contributed by atoms with van der Waals surface area (Å²) in [6.07, 6.45) is 0. The molecule has 2 aromatic carbocycles. The molecular weight excluding hydrogens is 270 g/mol. The van der Waals surface area contributed by atoms with Crippen LogP contribution in [0.25, 0.3) is 10.8 Å². The summed E-state index contributed by atoms with van der Waals surface area (Å²) in [5.74, 6) is -2.45. The van der Waals surface area contributed by atoms with Crippen molar-refractivity contribution >= 4 is 28.4 Å². The number of carboxylic acid groups (broad SMARTS) is 2. The highest BCUT2D eigenvalue weighted by atomic mass is 16.4. The highest BCUT2D eigenvalue weighted by Gasteiger charge is 2.25. The molecule has 0 fully saturated rings. The summed E-state index contributed by atoms with van der Waals surface area (Å²) >= 11 is 0. The Hall–Kier alpha value is -2.56. The lowest BCUT2D eigenvalue weighted by Crippen LogP contribution is -2.25. The molecule has 0 aliphatic rings. The summed E-state index contributed by atoms with van der Waals surface area (Å²) in [6, 6.07) is 8.69. The van der Waals surface area contributed by atoms with Crippen molar-refractivity contribution in [3.05, 3.63) is 41.5 Å². The van der Waals surface area contributed by atoms with Gasteiger partial charge in [0.25, 0.3) is 0 Å². The van der Waals surface area contributed by atoms with E-state index >= 15 is 0 Å². The molecule has 0 aliphatic carbocycles. The maximum Gasteiger partial charge on any atom is 0.338 e. The van der Waals surface area contributed by atoms with Gasteiger partial charge in [0, 0.05) is 13.1 Å². The number of carbonyl (C=O) groups is 2. The van der Waals surface area contributed by atoms with Crippen LogP contribution >= 0.6 is 0 Å². The van der Waals surface area contributed by atoms with Gasteiger partial charge >= 0.3 is 11.9 Å². The summed E-state index contributed by atoms with van der Waals surface area (Å²) in [5, 5.41) is 20.2. The highest BCUT2D eigenvalue weighted by molar-refractivity contribution is 6.15. The highest BCUT2D eigenvalue weighted by Crippen LogP contribution is 2.32. The zero-order chi connectivity index (χ0) is 15.6. The molecular formula is C16H17NO4. The third-order valence-electron chi connectivity index (χ3n) is 3.56. The molecule has 5 heteroatoms. The van der Waals surface area contributed by atoms with Crippen LogP contribution < -0.4 is 4.90 Å². The molecule has 0 bridgehead atoms. The molecule has 2 aromatic rings. The quantitative estimate of drug-likeness (QED) is 0.883. The first kappa shape index (κ1) is 14.8. The van der Waals surface area contributed by atoms with Gasteiger partial charge in [0.05, 0.1) is 16.8 Å². The average molecular weight is 287 g/mol. The lowest BCUT2D eigenvalue weighted by atomic mass is 9.96. The van der Waals surface area contributed by atoms with Gasteiger partial charge in [-0.1, -0.05) is 24.3 Å². The van der Waals surface area contributed by atoms with Crippen LogP contribution in [-0.4, -0.2) is 35.2 Å². The van der Waals surface area contributed by atoms with Crippen molar-refractivity contribution in [1.82, 2.24) is 0 Å². The Morgan fingerprint density at radius 1 is 1.00 bits per heavy atom. The number of rotatable bonds is 5. The van der Waals surface area contributed by atoms with Crippen molar-refractivity contribution in [2.24, 2.45) is 0 Å². The molecule has 0 saturated heterocycles. The fourth-order valence-electron chi connectivity index (χ4n) is 2.59. The number of hydrogen-bond donors (Lipinski definition) is 2. The van der Waals surface area contributed by atoms with Gasteiger partial charge in [-0.25, -0.2) is 9.59 Å². The number of fused-ring (bicyclic) bond motifs is 1. The van der Waals surface area contributed by atoms with Gasteiger partial charge in [-0.05, 0) is 30.7 Å². The topological polar surface area (TPSA) is 77.8 Å². The second-order valence-corrected chi connectivity index (χ2v) is 4.65. The smallest absolute Gasteiger partial charge is 0.338 e. The minimum absolute atomic E-state index is 0.148. The predicted molar refractivity (Wildman–Crippen MR) is 81.4 cm³/mol. The average Bonchev–Trinajstić information content (AvgIpc) is 2.46. The first-order valence-corrected chi connectivity index (χ1v) is 6.78. The van der Waals surface area contributed by atoms with Crippen molar-refractivity contribution < 1.29 is 19.8 Å². The van der Waals surface area contributed by atoms with E-state index in [4.69, 9.17) is 0 Å². The zero-order valence-corrected chi connectivity index (χ0v) is 12.0. The Labute approximate surface area is 122 Å². The fraction of sp³-hybridized carbons (Fsp3) is 0.250. The second-order valence-electron chi connectivity index (χ2n) is 4.65. The number of nitrogens with zero attached hydrogens (tertiary/aromatic N) is 1. The summed E-state index contributed by atoms with van der Waals surface area (Å²) in [5.41, 5.74) is 0.149. The Morgan fingerprint density at radius 2 is 1.57 bits per heavy atom. The van der Waals surface area contributed by atoms with Crippen molar-refractivity contribution in [2.75, 3.05) is 18.0 Å². The van der Waals surface area contributed by atoms with E-state index in [0.717, 1.165) is 5.39 Å². The maximum atomic E-state index is 11.6. The Balaban J connectivity index is 2.94. The Morgan fingerprint density at radius 3 is 2.10 bits per heavy atom. The Kier molecular flexibility index (Phi) is 4.12. The van der Waals surface area contributed by atoms with E-state index in [1.807, 2.05) is 18.7 Å². The SMILES string of the molecule is CCN(CC)c1cc2ccccc2c(C(=O)O)c1C(=O)O. The molecule has 0 aromatic heterocycles. The Bertz CT molecular complexity index is 705. The van der Waals surface area contributed by atoms with E-state index in [-0.39, 0.29) is 11.1 Å². The maximum absolute atomic E-state index is 11.6. The number of hydrogen-bond acceptors (Lipinski definition) is 3. The van der Waals surface area contributed by atoms with Crippen LogP contribution in [0.4, 0.5) is 5.69 Å². The number of anilines is 1. The molecule has 21 heavy (non-hydrogen) atoms. The van der Waals surface area contributed by atoms with Gasteiger partial charge in [-0.2, -0.15) is 0 Å². The van der Waals surface area contributed by atoms with Crippen molar-refractivity contribution in [3.63, 3.8) is 0 Å². The molecule has 2 N–H and O–H groups in total. The molecule has 5 nitrogen and oxygen atoms in total. The number of benzene rings is 2. The molecule has 0 saturated carbocycles. The van der Waals surface area contributed by atoms with Crippen LogP contribution in [0, 0.1) is 0 Å². The van der Waals surface area contributed by atoms with E-state index < -0.39 is 11.9 Å². The monoisotopic (exact) mass is 287 g/mol. The first-order chi connectivity index (χ1) is 10.0. The third-order valence-corrected chi connectivity index (χ3v) is 3.56. The van der Waals surface area contributed by atoms with Crippen LogP contribution in [0.1, 0.15) is 34.6 Å². The predicted octanol–water partition coefficient (Wildman–Crippen LogP) is 3.08. The molecule has 0 atom stereocenters. The van der Waals surface area contributed by atoms with E-state index in [0.29, 0.717) is 24.2 Å². The number of aromatic carboxylic acids is 2. The lowest BCUT2D eigenvalue weighted by molar-refractivity contribution is 0.0653. The summed E-state index contributed by atoms with van der Waals surface area (Å²) in [4.78, 5) is 25.1. The van der Waals surface area contributed by atoms with Gasteiger partial charge in [0.2, 0.25) is 0 Å². The van der Waals surface area contributed by atoms with E-state index in [2.05, 4.69) is 0 Å². The van der Waals surface area contributed by atoms with E-state index in [9.17, 15) is 19.8 Å². The van der Waals surface area contributed by atoms with E-state index in [1.54, 1.807) is 30.3 Å². The summed E-state index contributed by atoms with van der Waals surface area (Å²) in [6.45, 7) is 5.03. The molecule has 0 amide bonds. The van der Waals surface area contributed by atoms with Gasteiger partial charge in [-0.3, -0.25) is 0 Å². The standard InChI is InChI=1S/C16H17NO4/c1-3-17(4-2)12-9-10-7-5-6-8-11(10)13(15(18)19)14(12)16(20)21/h5-9H,3-4H2,1-2H3,(H,18,19)(H,20,21). The lowest BCUT2D eigenvalue weighted by Gasteiger charge is -2.24.